The number of benzene rings is 2. The van der Waals surface area contributed by atoms with Gasteiger partial charge in [0.05, 0.1) is 12.5 Å². The fraction of sp³-hybridized carbons (Fsp3) is 0.250. The van der Waals surface area contributed by atoms with Crippen LogP contribution in [0.15, 0.2) is 54.6 Å². The maximum atomic E-state index is 13.0. The Morgan fingerprint density at radius 3 is 2.00 bits per heavy atom. The predicted molar refractivity (Wildman–Crippen MR) is 73.4 cm³/mol. The molecule has 0 heterocycles. The lowest BCUT2D eigenvalue weighted by atomic mass is 9.98. The molecule has 0 aromatic heterocycles. The van der Waals surface area contributed by atoms with E-state index in [2.05, 4.69) is 5.32 Å². The normalized spacial score (nSPS) is 13.1. The van der Waals surface area contributed by atoms with E-state index in [9.17, 15) is 17.6 Å². The SMILES string of the molecule is Fc1ccc(C(NCCC(F)(F)F)c2ccccc2)cc1. The fourth-order valence-electron chi connectivity index (χ4n) is 2.09. The summed E-state index contributed by atoms with van der Waals surface area (Å²) < 4.78 is 49.8. The number of hydrogen-bond donors (Lipinski definition) is 1. The molecule has 1 N–H and O–H groups in total. The van der Waals surface area contributed by atoms with Crippen molar-refractivity contribution in [3.05, 3.63) is 71.5 Å². The molecule has 0 spiro atoms. The molecule has 0 aliphatic rings. The number of rotatable bonds is 5. The lowest BCUT2D eigenvalue weighted by Crippen LogP contribution is -2.27. The van der Waals surface area contributed by atoms with E-state index in [-0.39, 0.29) is 12.4 Å². The summed E-state index contributed by atoms with van der Waals surface area (Å²) in [7, 11) is 0. The first-order valence-electron chi connectivity index (χ1n) is 6.56. The Hall–Kier alpha value is -1.88. The van der Waals surface area contributed by atoms with Crippen LogP contribution in [-0.2, 0) is 0 Å². The molecule has 0 fully saturated rings. The van der Waals surface area contributed by atoms with Gasteiger partial charge in [0.2, 0.25) is 0 Å². The topological polar surface area (TPSA) is 12.0 Å². The van der Waals surface area contributed by atoms with E-state index in [4.69, 9.17) is 0 Å². The summed E-state index contributed by atoms with van der Waals surface area (Å²) in [6, 6.07) is 14.5. The summed E-state index contributed by atoms with van der Waals surface area (Å²) in [4.78, 5) is 0. The molecule has 1 nitrogen and oxygen atoms in total. The molecular formula is C16H15F4N. The molecule has 0 aliphatic carbocycles. The minimum atomic E-state index is -4.20. The Balaban J connectivity index is 2.17. The number of halogens is 4. The summed E-state index contributed by atoms with van der Waals surface area (Å²) in [6.07, 6.45) is -5.10. The van der Waals surface area contributed by atoms with Crippen LogP contribution in [0.1, 0.15) is 23.6 Å². The largest absolute Gasteiger partial charge is 0.390 e. The van der Waals surface area contributed by atoms with E-state index in [0.29, 0.717) is 0 Å². The van der Waals surface area contributed by atoms with Gasteiger partial charge in [-0.15, -0.1) is 0 Å². The molecule has 0 saturated heterocycles. The van der Waals surface area contributed by atoms with Crippen LogP contribution in [0.3, 0.4) is 0 Å². The lowest BCUT2D eigenvalue weighted by molar-refractivity contribution is -0.133. The quantitative estimate of drug-likeness (QED) is 0.804. The monoisotopic (exact) mass is 297 g/mol. The third kappa shape index (κ3) is 4.86. The maximum absolute atomic E-state index is 13.0. The van der Waals surface area contributed by atoms with E-state index >= 15 is 0 Å². The highest BCUT2D eigenvalue weighted by Gasteiger charge is 2.27. The van der Waals surface area contributed by atoms with E-state index in [1.165, 1.54) is 12.1 Å². The summed E-state index contributed by atoms with van der Waals surface area (Å²) in [5.74, 6) is -0.374. The van der Waals surface area contributed by atoms with Crippen LogP contribution in [0.5, 0.6) is 0 Å². The van der Waals surface area contributed by atoms with Crippen LogP contribution in [0, 0.1) is 5.82 Å². The second kappa shape index (κ2) is 6.72. The third-order valence-electron chi connectivity index (χ3n) is 3.09. The molecule has 2 aromatic rings. The van der Waals surface area contributed by atoms with E-state index in [1.54, 1.807) is 12.1 Å². The molecule has 0 bridgehead atoms. The molecule has 5 heteroatoms. The van der Waals surface area contributed by atoms with Crippen molar-refractivity contribution in [2.45, 2.75) is 18.6 Å². The van der Waals surface area contributed by atoms with Crippen molar-refractivity contribution in [3.8, 4) is 0 Å². The van der Waals surface area contributed by atoms with Crippen molar-refractivity contribution >= 4 is 0 Å². The van der Waals surface area contributed by atoms with Crippen molar-refractivity contribution in [1.29, 1.82) is 0 Å². The molecule has 21 heavy (non-hydrogen) atoms. The van der Waals surface area contributed by atoms with Crippen LogP contribution in [0.4, 0.5) is 17.6 Å². The second-order valence-corrected chi connectivity index (χ2v) is 4.71. The zero-order chi connectivity index (χ0) is 15.3. The molecule has 1 unspecified atom stereocenters. The Morgan fingerprint density at radius 1 is 0.857 bits per heavy atom. The Labute approximate surface area is 120 Å². The average molecular weight is 297 g/mol. The summed E-state index contributed by atoms with van der Waals surface area (Å²) in [6.45, 7) is -0.194. The van der Waals surface area contributed by atoms with E-state index < -0.39 is 18.6 Å². The van der Waals surface area contributed by atoms with Gasteiger partial charge in [-0.3, -0.25) is 0 Å². The highest BCUT2D eigenvalue weighted by Crippen LogP contribution is 2.24. The first-order valence-corrected chi connectivity index (χ1v) is 6.56. The minimum absolute atomic E-state index is 0.194. The third-order valence-corrected chi connectivity index (χ3v) is 3.09. The molecule has 0 amide bonds. The molecule has 1 atom stereocenters. The van der Waals surface area contributed by atoms with Crippen molar-refractivity contribution in [1.82, 2.24) is 5.32 Å². The smallest absolute Gasteiger partial charge is 0.306 e. The average Bonchev–Trinajstić information content (AvgIpc) is 2.45. The second-order valence-electron chi connectivity index (χ2n) is 4.71. The minimum Gasteiger partial charge on any atom is -0.306 e. The van der Waals surface area contributed by atoms with Crippen molar-refractivity contribution in [3.63, 3.8) is 0 Å². The van der Waals surface area contributed by atoms with E-state index in [0.717, 1.165) is 11.1 Å². The Morgan fingerprint density at radius 2 is 1.43 bits per heavy atom. The van der Waals surface area contributed by atoms with Gasteiger partial charge >= 0.3 is 6.18 Å². The predicted octanol–water partition coefficient (Wildman–Crippen LogP) is 4.46. The molecule has 0 saturated carbocycles. The summed E-state index contributed by atoms with van der Waals surface area (Å²) >= 11 is 0. The van der Waals surface area contributed by atoms with Crippen molar-refractivity contribution < 1.29 is 17.6 Å². The molecule has 2 aromatic carbocycles. The highest BCUT2D eigenvalue weighted by atomic mass is 19.4. The lowest BCUT2D eigenvalue weighted by Gasteiger charge is -2.20. The Kier molecular flexibility index (Phi) is 4.96. The Bertz CT molecular complexity index is 549. The fourth-order valence-corrected chi connectivity index (χ4v) is 2.09. The molecule has 0 aliphatic heterocycles. The van der Waals surface area contributed by atoms with Gasteiger partial charge < -0.3 is 5.32 Å². The standard InChI is InChI=1S/C16H15F4N/c17-14-8-6-13(7-9-14)15(12-4-2-1-3-5-12)21-11-10-16(18,19)20/h1-9,15,21H,10-11H2. The van der Waals surface area contributed by atoms with Gasteiger partial charge in [-0.2, -0.15) is 13.2 Å². The van der Waals surface area contributed by atoms with Crippen LogP contribution in [0.25, 0.3) is 0 Å². The van der Waals surface area contributed by atoms with Crippen molar-refractivity contribution in [2.75, 3.05) is 6.54 Å². The maximum Gasteiger partial charge on any atom is 0.390 e. The van der Waals surface area contributed by atoms with Gasteiger partial charge in [-0.25, -0.2) is 4.39 Å². The summed E-state index contributed by atoms with van der Waals surface area (Å²) in [5, 5.41) is 2.89. The van der Waals surface area contributed by atoms with Gasteiger partial charge in [-0.1, -0.05) is 42.5 Å². The number of hydrogen-bond acceptors (Lipinski definition) is 1. The van der Waals surface area contributed by atoms with Crippen LogP contribution >= 0.6 is 0 Å². The number of nitrogens with one attached hydrogen (secondary N) is 1. The molecule has 0 radical (unpaired) electrons. The summed E-state index contributed by atoms with van der Waals surface area (Å²) in [5.41, 5.74) is 1.57. The van der Waals surface area contributed by atoms with Crippen LogP contribution in [0.2, 0.25) is 0 Å². The van der Waals surface area contributed by atoms with Gasteiger partial charge in [-0.05, 0) is 23.3 Å². The highest BCUT2D eigenvalue weighted by molar-refractivity contribution is 5.31. The first-order chi connectivity index (χ1) is 9.96. The molecule has 112 valence electrons. The van der Waals surface area contributed by atoms with E-state index in [1.807, 2.05) is 30.3 Å². The van der Waals surface area contributed by atoms with Gasteiger partial charge in [0.15, 0.2) is 0 Å². The van der Waals surface area contributed by atoms with Crippen LogP contribution in [-0.4, -0.2) is 12.7 Å². The zero-order valence-electron chi connectivity index (χ0n) is 11.2. The van der Waals surface area contributed by atoms with Crippen molar-refractivity contribution in [2.24, 2.45) is 0 Å². The zero-order valence-corrected chi connectivity index (χ0v) is 11.2. The molecule has 2 rings (SSSR count). The molecular weight excluding hydrogens is 282 g/mol. The first kappa shape index (κ1) is 15.5. The van der Waals surface area contributed by atoms with Crippen LogP contribution < -0.4 is 5.32 Å². The number of alkyl halides is 3. The van der Waals surface area contributed by atoms with Gasteiger partial charge in [0.25, 0.3) is 0 Å². The van der Waals surface area contributed by atoms with Gasteiger partial charge in [0.1, 0.15) is 5.82 Å². The van der Waals surface area contributed by atoms with Gasteiger partial charge in [0, 0.05) is 6.54 Å².